The topological polar surface area (TPSA) is 45.2 Å². The van der Waals surface area contributed by atoms with Crippen molar-refractivity contribution in [2.75, 3.05) is 20.1 Å². The molecule has 0 bridgehead atoms. The van der Waals surface area contributed by atoms with Gasteiger partial charge >= 0.3 is 0 Å². The van der Waals surface area contributed by atoms with Gasteiger partial charge in [0.05, 0.1) is 6.54 Å². The zero-order valence-corrected chi connectivity index (χ0v) is 14.3. The fraction of sp³-hybridized carbons (Fsp3) is 0.333. The van der Waals surface area contributed by atoms with Crippen LogP contribution in [0.2, 0.25) is 5.02 Å². The Balaban J connectivity index is 1.76. The number of aromatic nitrogens is 1. The number of rotatable bonds is 7. The van der Waals surface area contributed by atoms with E-state index in [1.165, 1.54) is 0 Å². The number of pyridine rings is 1. The van der Waals surface area contributed by atoms with Crippen molar-refractivity contribution in [3.63, 3.8) is 0 Å². The average molecular weight is 332 g/mol. The molecule has 0 aliphatic carbocycles. The Morgan fingerprint density at radius 1 is 1.30 bits per heavy atom. The van der Waals surface area contributed by atoms with E-state index in [2.05, 4.69) is 17.2 Å². The first-order valence-electron chi connectivity index (χ1n) is 7.67. The molecule has 1 N–H and O–H groups in total. The van der Waals surface area contributed by atoms with Gasteiger partial charge in [0.2, 0.25) is 5.91 Å². The second-order valence-corrected chi connectivity index (χ2v) is 6.04. The molecule has 0 radical (unpaired) electrons. The molecular formula is C18H22ClN3O. The standard InChI is InChI=1S/C18H22ClN3O/c1-14(16-7-9-20-10-8-16)22(2)13-18(23)21-11-6-15-4-3-5-17(19)12-15/h3-5,7-10,12,14H,6,11,13H2,1-2H3,(H,21,23). The average Bonchev–Trinajstić information content (AvgIpc) is 2.55. The Kier molecular flexibility index (Phi) is 6.56. The van der Waals surface area contributed by atoms with Crippen LogP contribution in [0.25, 0.3) is 0 Å². The third kappa shape index (κ3) is 5.66. The number of nitrogens with one attached hydrogen (secondary N) is 1. The van der Waals surface area contributed by atoms with E-state index < -0.39 is 0 Å². The second kappa shape index (κ2) is 8.65. The quantitative estimate of drug-likeness (QED) is 0.848. The van der Waals surface area contributed by atoms with Gasteiger partial charge in [-0.2, -0.15) is 0 Å². The van der Waals surface area contributed by atoms with E-state index in [0.29, 0.717) is 13.1 Å². The second-order valence-electron chi connectivity index (χ2n) is 5.60. The number of likely N-dealkylation sites (N-methyl/N-ethyl adjacent to an activating group) is 1. The Labute approximate surface area is 142 Å². The molecule has 5 heteroatoms. The van der Waals surface area contributed by atoms with Crippen LogP contribution < -0.4 is 5.32 Å². The molecule has 0 saturated heterocycles. The lowest BCUT2D eigenvalue weighted by Crippen LogP contribution is -2.37. The maximum atomic E-state index is 12.1. The minimum atomic E-state index is 0.0236. The van der Waals surface area contributed by atoms with Crippen LogP contribution in [-0.4, -0.2) is 35.9 Å². The first-order valence-corrected chi connectivity index (χ1v) is 8.05. The number of carbonyl (C=O) groups is 1. The van der Waals surface area contributed by atoms with Crippen LogP contribution >= 0.6 is 11.6 Å². The molecule has 1 amide bonds. The summed E-state index contributed by atoms with van der Waals surface area (Å²) in [7, 11) is 1.95. The molecule has 1 unspecified atom stereocenters. The van der Waals surface area contributed by atoms with E-state index in [9.17, 15) is 4.79 Å². The van der Waals surface area contributed by atoms with Crippen LogP contribution in [0.3, 0.4) is 0 Å². The van der Waals surface area contributed by atoms with Crippen molar-refractivity contribution in [2.45, 2.75) is 19.4 Å². The van der Waals surface area contributed by atoms with Crippen molar-refractivity contribution < 1.29 is 4.79 Å². The smallest absolute Gasteiger partial charge is 0.234 e. The van der Waals surface area contributed by atoms with E-state index in [4.69, 9.17) is 11.6 Å². The van der Waals surface area contributed by atoms with Crippen molar-refractivity contribution in [2.24, 2.45) is 0 Å². The van der Waals surface area contributed by atoms with Crippen LogP contribution in [0.4, 0.5) is 0 Å². The summed E-state index contributed by atoms with van der Waals surface area (Å²) >= 11 is 5.95. The molecule has 0 aliphatic heterocycles. The van der Waals surface area contributed by atoms with Gasteiger partial charge in [-0.15, -0.1) is 0 Å². The number of nitrogens with zero attached hydrogens (tertiary/aromatic N) is 2. The number of halogens is 1. The molecule has 2 rings (SSSR count). The van der Waals surface area contributed by atoms with Gasteiger partial charge in [-0.05, 0) is 55.8 Å². The molecule has 23 heavy (non-hydrogen) atoms. The Morgan fingerprint density at radius 2 is 2.04 bits per heavy atom. The molecule has 0 fully saturated rings. The minimum Gasteiger partial charge on any atom is -0.355 e. The summed E-state index contributed by atoms with van der Waals surface area (Å²) in [5.41, 5.74) is 2.27. The van der Waals surface area contributed by atoms with Crippen LogP contribution in [0.5, 0.6) is 0 Å². The number of benzene rings is 1. The number of hydrogen-bond acceptors (Lipinski definition) is 3. The third-order valence-electron chi connectivity index (χ3n) is 3.87. The molecule has 2 aromatic rings. The van der Waals surface area contributed by atoms with E-state index in [1.807, 2.05) is 48.3 Å². The molecule has 0 spiro atoms. The monoisotopic (exact) mass is 331 g/mol. The molecule has 0 saturated carbocycles. The van der Waals surface area contributed by atoms with Crippen LogP contribution in [0.1, 0.15) is 24.1 Å². The molecule has 1 atom stereocenters. The number of hydrogen-bond donors (Lipinski definition) is 1. The summed E-state index contributed by atoms with van der Waals surface area (Å²) < 4.78 is 0. The van der Waals surface area contributed by atoms with Gasteiger partial charge in [0.1, 0.15) is 0 Å². The Morgan fingerprint density at radius 3 is 2.74 bits per heavy atom. The van der Waals surface area contributed by atoms with E-state index >= 15 is 0 Å². The minimum absolute atomic E-state index is 0.0236. The van der Waals surface area contributed by atoms with Crippen molar-refractivity contribution in [1.82, 2.24) is 15.2 Å². The van der Waals surface area contributed by atoms with Gasteiger partial charge in [-0.1, -0.05) is 23.7 Å². The maximum Gasteiger partial charge on any atom is 0.234 e. The van der Waals surface area contributed by atoms with Crippen molar-refractivity contribution in [1.29, 1.82) is 0 Å². The fourth-order valence-electron chi connectivity index (χ4n) is 2.35. The predicted octanol–water partition coefficient (Wildman–Crippen LogP) is 3.09. The summed E-state index contributed by atoms with van der Waals surface area (Å²) in [6, 6.07) is 11.8. The maximum absolute atomic E-state index is 12.1. The Bertz CT molecular complexity index is 633. The van der Waals surface area contributed by atoms with Crippen LogP contribution in [0.15, 0.2) is 48.8 Å². The lowest BCUT2D eigenvalue weighted by atomic mass is 10.1. The summed E-state index contributed by atoms with van der Waals surface area (Å²) in [5.74, 6) is 0.0236. The third-order valence-corrected chi connectivity index (χ3v) is 4.10. The van der Waals surface area contributed by atoms with Crippen LogP contribution in [0, 0.1) is 0 Å². The highest BCUT2D eigenvalue weighted by atomic mass is 35.5. The summed E-state index contributed by atoms with van der Waals surface area (Å²) in [5, 5.41) is 3.67. The highest BCUT2D eigenvalue weighted by Gasteiger charge is 2.14. The zero-order valence-electron chi connectivity index (χ0n) is 13.5. The molecule has 0 aliphatic rings. The lowest BCUT2D eigenvalue weighted by molar-refractivity contribution is -0.122. The first kappa shape index (κ1) is 17.4. The van der Waals surface area contributed by atoms with Gasteiger partial charge in [0.15, 0.2) is 0 Å². The van der Waals surface area contributed by atoms with Crippen molar-refractivity contribution >= 4 is 17.5 Å². The van der Waals surface area contributed by atoms with Gasteiger partial charge in [-0.25, -0.2) is 0 Å². The highest BCUT2D eigenvalue weighted by molar-refractivity contribution is 6.30. The number of amides is 1. The van der Waals surface area contributed by atoms with Gasteiger partial charge in [0, 0.05) is 30.0 Å². The van der Waals surface area contributed by atoms with E-state index in [0.717, 1.165) is 22.6 Å². The zero-order chi connectivity index (χ0) is 16.7. The first-order chi connectivity index (χ1) is 11.1. The van der Waals surface area contributed by atoms with E-state index in [1.54, 1.807) is 12.4 Å². The fourth-order valence-corrected chi connectivity index (χ4v) is 2.57. The molecule has 1 heterocycles. The molecule has 1 aromatic heterocycles. The van der Waals surface area contributed by atoms with Gasteiger partial charge in [0.25, 0.3) is 0 Å². The van der Waals surface area contributed by atoms with Gasteiger partial charge in [-0.3, -0.25) is 14.7 Å². The summed E-state index contributed by atoms with van der Waals surface area (Å²) in [6.45, 7) is 3.05. The largest absolute Gasteiger partial charge is 0.355 e. The molecule has 4 nitrogen and oxygen atoms in total. The van der Waals surface area contributed by atoms with Crippen molar-refractivity contribution in [3.8, 4) is 0 Å². The highest BCUT2D eigenvalue weighted by Crippen LogP contribution is 2.16. The molecule has 1 aromatic carbocycles. The Hall–Kier alpha value is -1.91. The summed E-state index contributed by atoms with van der Waals surface area (Å²) in [6.07, 6.45) is 4.31. The van der Waals surface area contributed by atoms with Gasteiger partial charge < -0.3 is 5.32 Å². The molecule has 122 valence electrons. The number of carbonyl (C=O) groups excluding carboxylic acids is 1. The predicted molar refractivity (Wildman–Crippen MR) is 93.4 cm³/mol. The SMILES string of the molecule is CC(c1ccncc1)N(C)CC(=O)NCCc1cccc(Cl)c1. The summed E-state index contributed by atoms with van der Waals surface area (Å²) in [4.78, 5) is 18.1. The van der Waals surface area contributed by atoms with Crippen molar-refractivity contribution in [3.05, 3.63) is 64.9 Å². The lowest BCUT2D eigenvalue weighted by Gasteiger charge is -2.24. The van der Waals surface area contributed by atoms with E-state index in [-0.39, 0.29) is 11.9 Å². The normalized spacial score (nSPS) is 12.2. The van der Waals surface area contributed by atoms with Crippen LogP contribution in [-0.2, 0) is 11.2 Å². The molecular weight excluding hydrogens is 310 g/mol.